The van der Waals surface area contributed by atoms with E-state index in [1.165, 1.54) is 26.4 Å². The second-order valence-electron chi connectivity index (χ2n) is 4.08. The number of methoxy groups -OCH3 is 2. The Morgan fingerprint density at radius 3 is 2.95 bits per heavy atom. The normalized spacial score (nSPS) is 10.8. The largest absolute Gasteiger partial charge is 0.479 e. The molecule has 2 rings (SSSR count). The summed E-state index contributed by atoms with van der Waals surface area (Å²) in [5.41, 5.74) is 1.15. The summed E-state index contributed by atoms with van der Waals surface area (Å²) in [7, 11) is 2.80. The van der Waals surface area contributed by atoms with Gasteiger partial charge >= 0.3 is 5.97 Å². The molecular weight excluding hydrogens is 274 g/mol. The summed E-state index contributed by atoms with van der Waals surface area (Å²) in [6.45, 7) is 0.225. The van der Waals surface area contributed by atoms with Gasteiger partial charge in [-0.3, -0.25) is 4.79 Å². The number of nitrogens with one attached hydrogen (secondary N) is 2. The molecule has 0 atom stereocenters. The smallest absolute Gasteiger partial charge is 0.330 e. The summed E-state index contributed by atoms with van der Waals surface area (Å²) < 4.78 is 9.57. The molecule has 0 spiro atoms. The van der Waals surface area contributed by atoms with E-state index in [-0.39, 0.29) is 12.5 Å². The number of hydrogen-bond donors (Lipinski definition) is 2. The van der Waals surface area contributed by atoms with Crippen LogP contribution in [0, 0.1) is 0 Å². The number of aromatic amines is 1. The average Bonchev–Trinajstić information content (AvgIpc) is 2.95. The number of carbonyl (C=O) groups excluding carboxylic acids is 2. The van der Waals surface area contributed by atoms with Crippen LogP contribution in [0.2, 0.25) is 0 Å². The minimum atomic E-state index is -0.466. The number of esters is 1. The summed E-state index contributed by atoms with van der Waals surface area (Å²) in [6, 6.07) is 1.73. The Balaban J connectivity index is 2.10. The van der Waals surface area contributed by atoms with Crippen molar-refractivity contribution in [3.8, 4) is 5.88 Å². The van der Waals surface area contributed by atoms with Gasteiger partial charge in [0.2, 0.25) is 5.88 Å². The molecule has 1 amide bonds. The number of amides is 1. The van der Waals surface area contributed by atoms with Gasteiger partial charge in [-0.25, -0.2) is 9.78 Å². The first-order valence-corrected chi connectivity index (χ1v) is 6.20. The standard InChI is InChI=1S/C14H15N3O4/c1-20-11(18)4-3-6-15-13(19)10-8-17-12-9(10)5-7-16-14(12)21-2/h3-5,7-8,17H,6H2,1-2H3,(H,15,19)/b4-3+. The Bertz CT molecular complexity index is 691. The third kappa shape index (κ3) is 3.19. The number of rotatable bonds is 5. The maximum absolute atomic E-state index is 12.1. The molecule has 2 aromatic rings. The molecular formula is C14H15N3O4. The number of H-pyrrole nitrogens is 1. The maximum atomic E-state index is 12.1. The predicted octanol–water partition coefficient (Wildman–Crippen LogP) is 1.03. The van der Waals surface area contributed by atoms with E-state index in [0.717, 1.165) is 5.39 Å². The highest BCUT2D eigenvalue weighted by Crippen LogP contribution is 2.24. The van der Waals surface area contributed by atoms with Crippen LogP contribution in [-0.2, 0) is 9.53 Å². The molecule has 110 valence electrons. The zero-order valence-corrected chi connectivity index (χ0v) is 11.7. The van der Waals surface area contributed by atoms with Gasteiger partial charge in [-0.15, -0.1) is 0 Å². The SMILES string of the molecule is COC(=O)/C=C/CNC(=O)c1c[nH]c2c(OC)nccc12. The number of aromatic nitrogens is 2. The first-order chi connectivity index (χ1) is 10.2. The molecule has 0 radical (unpaired) electrons. The van der Waals surface area contributed by atoms with Crippen molar-refractivity contribution >= 4 is 22.8 Å². The van der Waals surface area contributed by atoms with E-state index >= 15 is 0 Å². The number of fused-ring (bicyclic) bond motifs is 1. The lowest BCUT2D eigenvalue weighted by Gasteiger charge is -2.02. The lowest BCUT2D eigenvalue weighted by molar-refractivity contribution is -0.134. The zero-order valence-electron chi connectivity index (χ0n) is 11.7. The van der Waals surface area contributed by atoms with E-state index in [1.54, 1.807) is 18.5 Å². The molecule has 0 saturated heterocycles. The van der Waals surface area contributed by atoms with E-state index < -0.39 is 5.97 Å². The average molecular weight is 289 g/mol. The second kappa shape index (κ2) is 6.56. The molecule has 0 aliphatic carbocycles. The zero-order chi connectivity index (χ0) is 15.2. The minimum absolute atomic E-state index is 0.225. The lowest BCUT2D eigenvalue weighted by atomic mass is 10.2. The fourth-order valence-corrected chi connectivity index (χ4v) is 1.84. The van der Waals surface area contributed by atoms with Gasteiger partial charge in [0.15, 0.2) is 0 Å². The summed E-state index contributed by atoms with van der Waals surface area (Å²) in [5, 5.41) is 3.40. The number of ether oxygens (including phenoxy) is 2. The third-order valence-corrected chi connectivity index (χ3v) is 2.84. The highest BCUT2D eigenvalue weighted by Gasteiger charge is 2.14. The molecule has 2 N–H and O–H groups in total. The van der Waals surface area contributed by atoms with Crippen molar-refractivity contribution in [1.82, 2.24) is 15.3 Å². The second-order valence-corrected chi connectivity index (χ2v) is 4.08. The molecule has 0 aliphatic rings. The maximum Gasteiger partial charge on any atom is 0.330 e. The molecule has 0 aromatic carbocycles. The van der Waals surface area contributed by atoms with Crippen LogP contribution in [0.3, 0.4) is 0 Å². The quantitative estimate of drug-likeness (QED) is 0.633. The van der Waals surface area contributed by atoms with Crippen LogP contribution in [0.5, 0.6) is 5.88 Å². The molecule has 0 saturated carbocycles. The van der Waals surface area contributed by atoms with Gasteiger partial charge in [0.25, 0.3) is 5.91 Å². The monoisotopic (exact) mass is 289 g/mol. The summed E-state index contributed by atoms with van der Waals surface area (Å²) >= 11 is 0. The Hall–Kier alpha value is -2.83. The van der Waals surface area contributed by atoms with Crippen molar-refractivity contribution in [3.05, 3.63) is 36.2 Å². The van der Waals surface area contributed by atoms with Crippen LogP contribution in [0.25, 0.3) is 10.9 Å². The molecule has 0 fully saturated rings. The van der Waals surface area contributed by atoms with E-state index in [2.05, 4.69) is 20.0 Å². The van der Waals surface area contributed by atoms with Crippen molar-refractivity contribution < 1.29 is 19.1 Å². The third-order valence-electron chi connectivity index (χ3n) is 2.84. The highest BCUT2D eigenvalue weighted by atomic mass is 16.5. The van der Waals surface area contributed by atoms with E-state index in [9.17, 15) is 9.59 Å². The Morgan fingerprint density at radius 2 is 2.24 bits per heavy atom. The van der Waals surface area contributed by atoms with Crippen LogP contribution in [-0.4, -0.2) is 42.6 Å². The Kier molecular flexibility index (Phi) is 4.55. The Morgan fingerprint density at radius 1 is 1.43 bits per heavy atom. The molecule has 0 bridgehead atoms. The number of pyridine rings is 1. The summed E-state index contributed by atoms with van der Waals surface area (Å²) in [4.78, 5) is 30.0. The molecule has 0 unspecified atom stereocenters. The van der Waals surface area contributed by atoms with Crippen LogP contribution in [0.15, 0.2) is 30.6 Å². The van der Waals surface area contributed by atoms with Crippen molar-refractivity contribution in [3.63, 3.8) is 0 Å². The predicted molar refractivity (Wildman–Crippen MR) is 76.1 cm³/mol. The van der Waals surface area contributed by atoms with Gasteiger partial charge < -0.3 is 19.8 Å². The van der Waals surface area contributed by atoms with E-state index in [0.29, 0.717) is 17.0 Å². The van der Waals surface area contributed by atoms with Gasteiger partial charge in [0.05, 0.1) is 19.8 Å². The number of hydrogen-bond acceptors (Lipinski definition) is 5. The van der Waals surface area contributed by atoms with Gasteiger partial charge in [0, 0.05) is 30.4 Å². The van der Waals surface area contributed by atoms with Gasteiger partial charge in [0.1, 0.15) is 5.52 Å². The van der Waals surface area contributed by atoms with E-state index in [1.807, 2.05) is 0 Å². The van der Waals surface area contributed by atoms with Crippen molar-refractivity contribution in [2.24, 2.45) is 0 Å². The van der Waals surface area contributed by atoms with Crippen LogP contribution in [0.4, 0.5) is 0 Å². The molecule has 21 heavy (non-hydrogen) atoms. The Labute approximate surface area is 121 Å². The molecule has 2 heterocycles. The van der Waals surface area contributed by atoms with Gasteiger partial charge in [-0.1, -0.05) is 6.08 Å². The van der Waals surface area contributed by atoms with Crippen molar-refractivity contribution in [1.29, 1.82) is 0 Å². The topological polar surface area (TPSA) is 93.3 Å². The summed E-state index contributed by atoms with van der Waals surface area (Å²) in [5.74, 6) is -0.298. The highest BCUT2D eigenvalue weighted by molar-refractivity contribution is 6.07. The summed E-state index contributed by atoms with van der Waals surface area (Å²) in [6.07, 6.45) is 5.93. The van der Waals surface area contributed by atoms with Gasteiger partial charge in [-0.05, 0) is 6.07 Å². The van der Waals surface area contributed by atoms with Crippen LogP contribution in [0.1, 0.15) is 10.4 Å². The van der Waals surface area contributed by atoms with Crippen molar-refractivity contribution in [2.45, 2.75) is 0 Å². The van der Waals surface area contributed by atoms with Crippen LogP contribution >= 0.6 is 0 Å². The fourth-order valence-electron chi connectivity index (χ4n) is 1.84. The molecule has 0 aliphatic heterocycles. The van der Waals surface area contributed by atoms with Gasteiger partial charge in [-0.2, -0.15) is 0 Å². The first kappa shape index (κ1) is 14.6. The van der Waals surface area contributed by atoms with E-state index in [4.69, 9.17) is 4.74 Å². The van der Waals surface area contributed by atoms with Crippen molar-refractivity contribution in [2.75, 3.05) is 20.8 Å². The number of nitrogens with zero attached hydrogens (tertiary/aromatic N) is 1. The number of carbonyl (C=O) groups is 2. The minimum Gasteiger partial charge on any atom is -0.479 e. The molecule has 7 nitrogen and oxygen atoms in total. The lowest BCUT2D eigenvalue weighted by Crippen LogP contribution is -2.23. The fraction of sp³-hybridized carbons (Fsp3) is 0.214. The molecule has 2 aromatic heterocycles. The molecule has 7 heteroatoms. The van der Waals surface area contributed by atoms with Crippen LogP contribution < -0.4 is 10.1 Å². The first-order valence-electron chi connectivity index (χ1n) is 6.20.